The molecule has 1 N–H and O–H groups in total. The highest BCUT2D eigenvalue weighted by Crippen LogP contribution is 2.23. The van der Waals surface area contributed by atoms with Gasteiger partial charge in [0.2, 0.25) is 11.8 Å². The van der Waals surface area contributed by atoms with Gasteiger partial charge < -0.3 is 10.2 Å². The fourth-order valence-electron chi connectivity index (χ4n) is 3.99. The fraction of sp³-hybridized carbons (Fsp3) is 0.364. The molecule has 2 aliphatic rings. The summed E-state index contributed by atoms with van der Waals surface area (Å²) in [4.78, 5) is 26.8. The van der Waals surface area contributed by atoms with Crippen LogP contribution in [-0.4, -0.2) is 35.8 Å². The number of benzene rings is 2. The molecule has 134 valence electrons. The van der Waals surface area contributed by atoms with Gasteiger partial charge in [0.15, 0.2) is 0 Å². The largest absolute Gasteiger partial charge is 0.351 e. The van der Waals surface area contributed by atoms with Crippen LogP contribution in [0.4, 0.5) is 0 Å². The lowest BCUT2D eigenvalue weighted by Gasteiger charge is -2.27. The molecule has 2 aromatic rings. The summed E-state index contributed by atoms with van der Waals surface area (Å²) in [5, 5.41) is 3.08. The van der Waals surface area contributed by atoms with Crippen LogP contribution >= 0.6 is 0 Å². The molecule has 2 atom stereocenters. The van der Waals surface area contributed by atoms with Gasteiger partial charge in [-0.25, -0.2) is 0 Å². The van der Waals surface area contributed by atoms with Crippen molar-refractivity contribution in [2.75, 3.05) is 13.1 Å². The molecule has 2 saturated heterocycles. The van der Waals surface area contributed by atoms with Crippen molar-refractivity contribution in [2.24, 2.45) is 5.92 Å². The zero-order valence-electron chi connectivity index (χ0n) is 14.9. The van der Waals surface area contributed by atoms with E-state index in [1.807, 2.05) is 35.2 Å². The van der Waals surface area contributed by atoms with E-state index in [4.69, 9.17) is 0 Å². The lowest BCUT2D eigenvalue weighted by molar-refractivity contribution is -0.131. The summed E-state index contributed by atoms with van der Waals surface area (Å²) in [7, 11) is 0. The summed E-state index contributed by atoms with van der Waals surface area (Å²) >= 11 is 0. The molecule has 2 aromatic carbocycles. The molecule has 2 heterocycles. The van der Waals surface area contributed by atoms with Crippen LogP contribution in [0.15, 0.2) is 54.6 Å². The van der Waals surface area contributed by atoms with Gasteiger partial charge in [0, 0.05) is 19.1 Å². The van der Waals surface area contributed by atoms with Crippen molar-refractivity contribution in [3.8, 4) is 11.1 Å². The minimum Gasteiger partial charge on any atom is -0.351 e. The normalized spacial score (nSPS) is 22.5. The number of fused-ring (bicyclic) bond motifs is 3. The number of likely N-dealkylation sites (tertiary alicyclic amines) is 1. The molecule has 2 amide bonds. The van der Waals surface area contributed by atoms with Gasteiger partial charge in [-0.15, -0.1) is 0 Å². The molecule has 4 heteroatoms. The Morgan fingerprint density at radius 2 is 1.69 bits per heavy atom. The van der Waals surface area contributed by atoms with Crippen LogP contribution in [0.2, 0.25) is 0 Å². The molecule has 4 nitrogen and oxygen atoms in total. The highest BCUT2D eigenvalue weighted by molar-refractivity contribution is 5.83. The maximum atomic E-state index is 12.8. The number of nitrogens with zero attached hydrogens (tertiary/aromatic N) is 1. The topological polar surface area (TPSA) is 49.4 Å². The maximum absolute atomic E-state index is 12.8. The average molecular weight is 348 g/mol. The molecule has 2 bridgehead atoms. The van der Waals surface area contributed by atoms with E-state index < -0.39 is 0 Å². The summed E-state index contributed by atoms with van der Waals surface area (Å²) in [5.41, 5.74) is 3.35. The molecule has 0 unspecified atom stereocenters. The third-order valence-electron chi connectivity index (χ3n) is 5.47. The molecule has 26 heavy (non-hydrogen) atoms. The molecule has 0 radical (unpaired) electrons. The van der Waals surface area contributed by atoms with Gasteiger partial charge in [-0.05, 0) is 29.5 Å². The maximum Gasteiger partial charge on any atom is 0.227 e. The minimum absolute atomic E-state index is 0.0492. The Morgan fingerprint density at radius 1 is 0.962 bits per heavy atom. The molecular formula is C22H24N2O2. The number of hydrogen-bond acceptors (Lipinski definition) is 2. The first-order chi connectivity index (χ1) is 12.7. The van der Waals surface area contributed by atoms with Crippen molar-refractivity contribution in [2.45, 2.75) is 31.7 Å². The molecule has 4 rings (SSSR count). The Hall–Kier alpha value is -2.62. The fourth-order valence-corrected chi connectivity index (χ4v) is 3.99. The zero-order valence-corrected chi connectivity index (χ0v) is 14.9. The molecule has 2 fully saturated rings. The average Bonchev–Trinajstić information content (AvgIpc) is 2.91. The van der Waals surface area contributed by atoms with Crippen molar-refractivity contribution in [3.63, 3.8) is 0 Å². The van der Waals surface area contributed by atoms with Crippen LogP contribution in [0.3, 0.4) is 0 Å². The van der Waals surface area contributed by atoms with Crippen molar-refractivity contribution in [1.29, 1.82) is 0 Å². The second kappa shape index (κ2) is 7.32. The standard InChI is InChI=1S/C22H24N2O2/c25-21(24-14-19-7-4-8-20(15-24)23-22(19)26)13-16-9-11-18(12-10-16)17-5-2-1-3-6-17/h1-3,5-6,9-12,19-20H,4,7-8,13-15H2,(H,23,26)/t19-,20+/m1/s1. The van der Waals surface area contributed by atoms with E-state index in [-0.39, 0.29) is 23.8 Å². The highest BCUT2D eigenvalue weighted by atomic mass is 16.2. The Labute approximate surface area is 154 Å². The lowest BCUT2D eigenvalue weighted by Crippen LogP contribution is -2.42. The van der Waals surface area contributed by atoms with Crippen molar-refractivity contribution >= 4 is 11.8 Å². The monoisotopic (exact) mass is 348 g/mol. The number of hydrogen-bond donors (Lipinski definition) is 1. The van der Waals surface area contributed by atoms with Crippen LogP contribution in [-0.2, 0) is 16.0 Å². The molecule has 2 aliphatic heterocycles. The quantitative estimate of drug-likeness (QED) is 0.927. The van der Waals surface area contributed by atoms with Crippen LogP contribution in [0, 0.1) is 5.92 Å². The van der Waals surface area contributed by atoms with Gasteiger partial charge in [-0.2, -0.15) is 0 Å². The number of rotatable bonds is 3. The first-order valence-corrected chi connectivity index (χ1v) is 9.41. The molecule has 0 spiro atoms. The van der Waals surface area contributed by atoms with E-state index in [0.29, 0.717) is 19.5 Å². The van der Waals surface area contributed by atoms with Gasteiger partial charge in [0.1, 0.15) is 0 Å². The van der Waals surface area contributed by atoms with Gasteiger partial charge in [0.05, 0.1) is 12.3 Å². The van der Waals surface area contributed by atoms with Crippen molar-refractivity contribution in [3.05, 3.63) is 60.2 Å². The Kier molecular flexibility index (Phi) is 4.74. The van der Waals surface area contributed by atoms with Crippen LogP contribution in [0.25, 0.3) is 11.1 Å². The van der Waals surface area contributed by atoms with Gasteiger partial charge >= 0.3 is 0 Å². The molecule has 0 aliphatic carbocycles. The highest BCUT2D eigenvalue weighted by Gasteiger charge is 2.34. The summed E-state index contributed by atoms with van der Waals surface area (Å²) in [5.74, 6) is 0.188. The van der Waals surface area contributed by atoms with Crippen LogP contribution in [0.1, 0.15) is 24.8 Å². The number of carbonyl (C=O) groups excluding carboxylic acids is 2. The van der Waals surface area contributed by atoms with Gasteiger partial charge in [0.25, 0.3) is 0 Å². The third kappa shape index (κ3) is 3.64. The van der Waals surface area contributed by atoms with E-state index in [2.05, 4.69) is 29.6 Å². The van der Waals surface area contributed by atoms with Gasteiger partial charge in [-0.3, -0.25) is 9.59 Å². The second-order valence-electron chi connectivity index (χ2n) is 7.37. The van der Waals surface area contributed by atoms with E-state index >= 15 is 0 Å². The Balaban J connectivity index is 1.44. The number of amides is 2. The molecule has 0 saturated carbocycles. The predicted octanol–water partition coefficient (Wildman–Crippen LogP) is 3.02. The smallest absolute Gasteiger partial charge is 0.227 e. The zero-order chi connectivity index (χ0) is 17.9. The minimum atomic E-state index is -0.0492. The second-order valence-corrected chi connectivity index (χ2v) is 7.37. The van der Waals surface area contributed by atoms with Gasteiger partial charge in [-0.1, -0.05) is 61.0 Å². The number of nitrogens with one attached hydrogen (secondary N) is 1. The van der Waals surface area contributed by atoms with E-state index in [0.717, 1.165) is 30.4 Å². The SMILES string of the molecule is O=C1N[C@H]2CCC[C@@H]1CN(C(=O)Cc1ccc(-c3ccccc3)cc1)C2. The summed E-state index contributed by atoms with van der Waals surface area (Å²) < 4.78 is 0. The number of carbonyl (C=O) groups is 2. The first-order valence-electron chi connectivity index (χ1n) is 9.41. The Morgan fingerprint density at radius 3 is 2.46 bits per heavy atom. The third-order valence-corrected chi connectivity index (χ3v) is 5.47. The Bertz CT molecular complexity index is 786. The molecular weight excluding hydrogens is 324 g/mol. The van der Waals surface area contributed by atoms with E-state index in [1.54, 1.807) is 0 Å². The first kappa shape index (κ1) is 16.8. The van der Waals surface area contributed by atoms with Crippen molar-refractivity contribution in [1.82, 2.24) is 10.2 Å². The summed E-state index contributed by atoms with van der Waals surface area (Å²) in [6.45, 7) is 1.20. The lowest BCUT2D eigenvalue weighted by atomic mass is 9.98. The van der Waals surface area contributed by atoms with Crippen LogP contribution in [0.5, 0.6) is 0 Å². The molecule has 0 aromatic heterocycles. The van der Waals surface area contributed by atoms with Crippen molar-refractivity contribution < 1.29 is 9.59 Å². The summed E-state index contributed by atoms with van der Waals surface area (Å²) in [6.07, 6.45) is 3.31. The van der Waals surface area contributed by atoms with E-state index in [9.17, 15) is 9.59 Å². The predicted molar refractivity (Wildman–Crippen MR) is 101 cm³/mol. The van der Waals surface area contributed by atoms with E-state index in [1.165, 1.54) is 5.56 Å². The van der Waals surface area contributed by atoms with Crippen LogP contribution < -0.4 is 5.32 Å². The summed E-state index contributed by atoms with van der Waals surface area (Å²) in [6, 6.07) is 18.5.